The van der Waals surface area contributed by atoms with E-state index < -0.39 is 0 Å². The molecule has 1 heterocycles. The highest BCUT2D eigenvalue weighted by atomic mass is 35.5. The highest BCUT2D eigenvalue weighted by Gasteiger charge is 2.11. The lowest BCUT2D eigenvalue weighted by Crippen LogP contribution is -2.32. The van der Waals surface area contributed by atoms with Crippen LogP contribution in [0.25, 0.3) is 0 Å². The normalized spacial score (nSPS) is 10.8. The monoisotopic (exact) mass is 333 g/mol. The maximum Gasteiger partial charge on any atom is 0.269 e. The van der Waals surface area contributed by atoms with Crippen LogP contribution in [0, 0.1) is 0 Å². The van der Waals surface area contributed by atoms with Crippen molar-refractivity contribution >= 4 is 17.5 Å². The summed E-state index contributed by atoms with van der Waals surface area (Å²) in [6, 6.07) is 11.0. The van der Waals surface area contributed by atoms with Gasteiger partial charge in [0.2, 0.25) is 0 Å². The fourth-order valence-corrected chi connectivity index (χ4v) is 2.34. The Morgan fingerprint density at radius 1 is 1.26 bits per heavy atom. The van der Waals surface area contributed by atoms with Crippen LogP contribution >= 0.6 is 11.6 Å². The van der Waals surface area contributed by atoms with Crippen LogP contribution in [0.4, 0.5) is 0 Å². The topological polar surface area (TPSA) is 54.3 Å². The predicted octanol–water partition coefficient (Wildman–Crippen LogP) is 1.84. The number of nitrogens with zero attached hydrogens (tertiary/aromatic N) is 2. The zero-order chi connectivity index (χ0) is 16.8. The summed E-state index contributed by atoms with van der Waals surface area (Å²) in [6.07, 6.45) is 1.55. The van der Waals surface area contributed by atoms with Gasteiger partial charge in [-0.25, -0.2) is 0 Å². The molecule has 1 aromatic heterocycles. The van der Waals surface area contributed by atoms with Crippen molar-refractivity contribution in [3.63, 3.8) is 0 Å². The molecule has 23 heavy (non-hydrogen) atoms. The Balaban J connectivity index is 2.19. The summed E-state index contributed by atoms with van der Waals surface area (Å²) in [5, 5.41) is 2.86. The van der Waals surface area contributed by atoms with Crippen molar-refractivity contribution in [1.82, 2.24) is 14.8 Å². The molecule has 1 amide bonds. The molecular weight excluding hydrogens is 314 g/mol. The molecule has 6 heteroatoms. The van der Waals surface area contributed by atoms with Gasteiger partial charge in [0.25, 0.3) is 11.5 Å². The van der Waals surface area contributed by atoms with E-state index in [4.69, 9.17) is 11.6 Å². The maximum atomic E-state index is 12.2. The number of nitrogens with one attached hydrogen (secondary N) is 1. The third-order valence-corrected chi connectivity index (χ3v) is 3.62. The molecule has 0 fully saturated rings. The summed E-state index contributed by atoms with van der Waals surface area (Å²) in [5.41, 5.74) is 1.04. The van der Waals surface area contributed by atoms with E-state index >= 15 is 0 Å². The number of pyridine rings is 1. The van der Waals surface area contributed by atoms with Gasteiger partial charge in [0.15, 0.2) is 0 Å². The molecule has 0 radical (unpaired) electrons. The molecule has 0 bridgehead atoms. The van der Waals surface area contributed by atoms with E-state index in [-0.39, 0.29) is 16.5 Å². The largest absolute Gasteiger partial charge is 0.351 e. The lowest BCUT2D eigenvalue weighted by atomic mass is 10.2. The Morgan fingerprint density at radius 2 is 1.96 bits per heavy atom. The molecule has 2 rings (SSSR count). The zero-order valence-electron chi connectivity index (χ0n) is 13.3. The highest BCUT2D eigenvalue weighted by molar-refractivity contribution is 6.30. The van der Waals surface area contributed by atoms with Gasteiger partial charge >= 0.3 is 0 Å². The first kappa shape index (κ1) is 17.2. The third kappa shape index (κ3) is 4.94. The number of likely N-dealkylation sites (N-methyl/N-ethyl adjacent to an activating group) is 1. The number of hydrogen-bond acceptors (Lipinski definition) is 3. The Hall–Kier alpha value is -2.11. The average Bonchev–Trinajstić information content (AvgIpc) is 2.52. The highest BCUT2D eigenvalue weighted by Crippen LogP contribution is 2.08. The molecule has 1 N–H and O–H groups in total. The van der Waals surface area contributed by atoms with Crippen molar-refractivity contribution in [3.05, 3.63) is 69.1 Å². The smallest absolute Gasteiger partial charge is 0.269 e. The molecule has 1 aromatic carbocycles. The minimum Gasteiger partial charge on any atom is -0.351 e. The number of benzene rings is 1. The lowest BCUT2D eigenvalue weighted by Gasteiger charge is -2.12. The van der Waals surface area contributed by atoms with Crippen LogP contribution in [0.5, 0.6) is 0 Å². The number of aromatic nitrogens is 1. The van der Waals surface area contributed by atoms with Crippen molar-refractivity contribution in [3.8, 4) is 0 Å². The molecule has 0 spiro atoms. The van der Waals surface area contributed by atoms with Gasteiger partial charge in [-0.05, 0) is 25.7 Å². The van der Waals surface area contributed by atoms with Crippen molar-refractivity contribution < 1.29 is 4.79 Å². The first-order valence-corrected chi connectivity index (χ1v) is 7.72. The summed E-state index contributed by atoms with van der Waals surface area (Å²) in [4.78, 5) is 26.3. The van der Waals surface area contributed by atoms with Gasteiger partial charge in [-0.15, -0.1) is 0 Å². The van der Waals surface area contributed by atoms with Crippen LogP contribution in [0.15, 0.2) is 47.4 Å². The van der Waals surface area contributed by atoms with Gasteiger partial charge < -0.3 is 14.8 Å². The molecule has 0 aliphatic heterocycles. The number of rotatable bonds is 6. The van der Waals surface area contributed by atoms with Gasteiger partial charge in [-0.1, -0.05) is 41.9 Å². The predicted molar refractivity (Wildman–Crippen MR) is 92.1 cm³/mol. The Bertz CT molecular complexity index is 726. The molecule has 2 aromatic rings. The van der Waals surface area contributed by atoms with Crippen LogP contribution in [0.2, 0.25) is 5.02 Å². The number of hydrogen-bond donors (Lipinski definition) is 1. The number of halogens is 1. The van der Waals surface area contributed by atoms with Crippen LogP contribution in [0.3, 0.4) is 0 Å². The minimum absolute atomic E-state index is 0.0428. The second-order valence-electron chi connectivity index (χ2n) is 5.55. The number of carbonyl (C=O) groups is 1. The summed E-state index contributed by atoms with van der Waals surface area (Å²) in [5.74, 6) is -0.240. The summed E-state index contributed by atoms with van der Waals surface area (Å²) in [6.45, 7) is 1.64. The Morgan fingerprint density at radius 3 is 2.61 bits per heavy atom. The van der Waals surface area contributed by atoms with E-state index in [9.17, 15) is 9.59 Å². The number of carbonyl (C=O) groups excluding carboxylic acids is 1. The second kappa shape index (κ2) is 7.94. The van der Waals surface area contributed by atoms with Crippen LogP contribution in [-0.2, 0) is 6.54 Å². The van der Waals surface area contributed by atoms with Crippen molar-refractivity contribution in [2.45, 2.75) is 6.54 Å². The van der Waals surface area contributed by atoms with Gasteiger partial charge in [-0.2, -0.15) is 0 Å². The molecule has 0 unspecified atom stereocenters. The molecule has 122 valence electrons. The molecule has 0 saturated heterocycles. The standard InChI is InChI=1S/C17H20ClN3O2/c1-20(2)9-8-19-16(22)14-10-15(18)17(23)21(12-14)11-13-6-4-3-5-7-13/h3-7,10,12H,8-9,11H2,1-2H3,(H,19,22). The first-order valence-electron chi connectivity index (χ1n) is 7.34. The molecule has 0 saturated carbocycles. The van der Waals surface area contributed by atoms with Crippen LogP contribution in [-0.4, -0.2) is 42.6 Å². The van der Waals surface area contributed by atoms with Crippen LogP contribution < -0.4 is 10.9 Å². The summed E-state index contributed by atoms with van der Waals surface area (Å²) < 4.78 is 1.46. The van der Waals surface area contributed by atoms with Gasteiger partial charge in [-0.3, -0.25) is 9.59 Å². The molecule has 5 nitrogen and oxygen atoms in total. The Labute approximate surface area is 140 Å². The van der Waals surface area contributed by atoms with E-state index in [1.807, 2.05) is 49.3 Å². The van der Waals surface area contributed by atoms with E-state index in [1.54, 1.807) is 6.20 Å². The zero-order valence-corrected chi connectivity index (χ0v) is 14.0. The fraction of sp³-hybridized carbons (Fsp3) is 0.294. The van der Waals surface area contributed by atoms with Gasteiger partial charge in [0, 0.05) is 19.3 Å². The Kier molecular flexibility index (Phi) is 5.96. The third-order valence-electron chi connectivity index (χ3n) is 3.34. The minimum atomic E-state index is -0.305. The number of amides is 1. The quantitative estimate of drug-likeness (QED) is 0.877. The molecule has 0 aliphatic carbocycles. The maximum absolute atomic E-state index is 12.2. The van der Waals surface area contributed by atoms with E-state index in [2.05, 4.69) is 5.32 Å². The average molecular weight is 334 g/mol. The van der Waals surface area contributed by atoms with E-state index in [0.717, 1.165) is 12.1 Å². The fourth-order valence-electron chi connectivity index (χ4n) is 2.12. The SMILES string of the molecule is CN(C)CCNC(=O)c1cc(Cl)c(=O)n(Cc2ccccc2)c1. The molecular formula is C17H20ClN3O2. The van der Waals surface area contributed by atoms with Gasteiger partial charge in [0.1, 0.15) is 5.02 Å². The van der Waals surface area contributed by atoms with Crippen molar-refractivity contribution in [1.29, 1.82) is 0 Å². The van der Waals surface area contributed by atoms with Crippen LogP contribution in [0.1, 0.15) is 15.9 Å². The van der Waals surface area contributed by atoms with Crippen molar-refractivity contribution in [2.24, 2.45) is 0 Å². The van der Waals surface area contributed by atoms with E-state index in [1.165, 1.54) is 10.6 Å². The molecule has 0 aliphatic rings. The lowest BCUT2D eigenvalue weighted by molar-refractivity contribution is 0.0950. The van der Waals surface area contributed by atoms with E-state index in [0.29, 0.717) is 18.7 Å². The molecule has 0 atom stereocenters. The summed E-state index contributed by atoms with van der Waals surface area (Å²) >= 11 is 5.99. The summed E-state index contributed by atoms with van der Waals surface area (Å²) in [7, 11) is 3.87. The van der Waals surface area contributed by atoms with Gasteiger partial charge in [0.05, 0.1) is 12.1 Å². The van der Waals surface area contributed by atoms with Crippen molar-refractivity contribution in [2.75, 3.05) is 27.2 Å². The second-order valence-corrected chi connectivity index (χ2v) is 5.96. The first-order chi connectivity index (χ1) is 11.0.